The Balaban J connectivity index is 0.00000173. The van der Waals surface area contributed by atoms with Crippen LogP contribution in [0.1, 0.15) is 71.3 Å². The average Bonchev–Trinajstić information content (AvgIpc) is 3.27. The van der Waals surface area contributed by atoms with Crippen molar-refractivity contribution in [3.05, 3.63) is 169 Å². The number of alkyl halides is 6. The lowest BCUT2D eigenvalue weighted by molar-refractivity contribution is -0.137. The maximum Gasteiger partial charge on any atom is 0.416 e. The molecule has 344 valence electrons. The highest BCUT2D eigenvalue weighted by atomic mass is 35.6. The maximum atomic E-state index is 14.2. The van der Waals surface area contributed by atoms with Gasteiger partial charge in [-0.2, -0.15) is 13.2 Å². The lowest BCUT2D eigenvalue weighted by atomic mass is 9.74. The minimum atomic E-state index is -4.50. The highest BCUT2D eigenvalue weighted by Crippen LogP contribution is 2.56. The smallest absolute Gasteiger partial charge is 0.416 e. The van der Waals surface area contributed by atoms with Gasteiger partial charge in [0.25, 0.3) is 0 Å². The number of benzene rings is 6. The topological polar surface area (TPSA) is 31.4 Å². The molecule has 0 unspecified atom stereocenters. The van der Waals surface area contributed by atoms with E-state index in [9.17, 15) is 13.2 Å². The van der Waals surface area contributed by atoms with Crippen LogP contribution in [0.5, 0.6) is 5.75 Å². The summed E-state index contributed by atoms with van der Waals surface area (Å²) in [7, 11) is -0.447. The van der Waals surface area contributed by atoms with Gasteiger partial charge in [-0.15, -0.1) is 0 Å². The third-order valence-corrected chi connectivity index (χ3v) is 17.0. The van der Waals surface area contributed by atoms with E-state index in [-0.39, 0.29) is 16.6 Å². The molecule has 10 heteroatoms. The molecule has 0 radical (unpaired) electrons. The van der Waals surface area contributed by atoms with Crippen LogP contribution in [0.15, 0.2) is 152 Å². The number of halogens is 6. The molecule has 1 heterocycles. The molecule has 1 aromatic heterocycles. The van der Waals surface area contributed by atoms with Crippen LogP contribution in [-0.4, -0.2) is 24.7 Å². The molecule has 0 fully saturated rings. The summed E-state index contributed by atoms with van der Waals surface area (Å²) in [5, 5.41) is 0.0398. The first-order valence-corrected chi connectivity index (χ1v) is 26.1. The van der Waals surface area contributed by atoms with E-state index in [0.717, 1.165) is 66.8 Å². The van der Waals surface area contributed by atoms with Crippen LogP contribution in [0.2, 0.25) is 18.1 Å². The van der Waals surface area contributed by atoms with Gasteiger partial charge in [-0.25, -0.2) is 0 Å². The van der Waals surface area contributed by atoms with Gasteiger partial charge in [0.05, 0.1) is 18.8 Å². The van der Waals surface area contributed by atoms with Crippen LogP contribution in [0.25, 0.3) is 66.8 Å². The van der Waals surface area contributed by atoms with Crippen molar-refractivity contribution >= 4 is 43.1 Å². The zero-order valence-electron chi connectivity index (χ0n) is 39.1. The van der Waals surface area contributed by atoms with Crippen LogP contribution in [0, 0.1) is 0 Å². The molecular formula is C56H57Cl3F3NO2Si. The van der Waals surface area contributed by atoms with Crippen molar-refractivity contribution in [1.29, 1.82) is 0 Å². The van der Waals surface area contributed by atoms with Crippen LogP contribution in [-0.2, 0) is 16.0 Å². The van der Waals surface area contributed by atoms with Crippen molar-refractivity contribution < 1.29 is 22.3 Å². The Kier molecular flexibility index (Phi) is 15.7. The number of nitrogens with zero attached hydrogens (tertiary/aromatic N) is 1. The first-order valence-electron chi connectivity index (χ1n) is 21.8. The Labute approximate surface area is 405 Å². The van der Waals surface area contributed by atoms with Gasteiger partial charge in [0.1, 0.15) is 5.75 Å². The second-order valence-corrected chi connectivity index (χ2v) is 25.6. The zero-order chi connectivity index (χ0) is 48.2. The molecule has 7 aromatic rings. The van der Waals surface area contributed by atoms with Crippen molar-refractivity contribution in [3.63, 3.8) is 0 Å². The van der Waals surface area contributed by atoms with E-state index in [4.69, 9.17) is 44.0 Å². The molecule has 0 bridgehead atoms. The second-order valence-electron chi connectivity index (χ2n) is 18.9. The molecule has 0 aliphatic rings. The molecule has 3 nitrogen and oxygen atoms in total. The Morgan fingerprint density at radius 1 is 0.500 bits per heavy atom. The molecule has 0 spiro atoms. The van der Waals surface area contributed by atoms with Gasteiger partial charge in [0, 0.05) is 12.4 Å². The van der Waals surface area contributed by atoms with Crippen LogP contribution in [0.3, 0.4) is 0 Å². The summed E-state index contributed by atoms with van der Waals surface area (Å²) in [6.45, 7) is 20.0. The summed E-state index contributed by atoms with van der Waals surface area (Å²) in [5.41, 5.74) is 12.3. The van der Waals surface area contributed by atoms with Gasteiger partial charge in [0.15, 0.2) is 12.6 Å². The minimum absolute atomic E-state index is 0.0398. The fourth-order valence-electron chi connectivity index (χ4n) is 7.93. The van der Waals surface area contributed by atoms with E-state index in [1.54, 1.807) is 31.6 Å². The molecule has 7 rings (SSSR count). The lowest BCUT2D eigenvalue weighted by Gasteiger charge is -2.38. The number of hydrogen-bond acceptors (Lipinski definition) is 3. The largest absolute Gasteiger partial charge is 0.497 e. The first kappa shape index (κ1) is 50.5. The Bertz CT molecular complexity index is 2690. The van der Waals surface area contributed by atoms with Crippen molar-refractivity contribution in [2.75, 3.05) is 7.11 Å². The predicted molar refractivity (Wildman–Crippen MR) is 275 cm³/mol. The van der Waals surface area contributed by atoms with Gasteiger partial charge in [-0.3, -0.25) is 4.98 Å². The number of aromatic nitrogens is 1. The predicted octanol–water partition coefficient (Wildman–Crippen LogP) is 18.5. The third kappa shape index (κ3) is 11.6. The van der Waals surface area contributed by atoms with E-state index >= 15 is 0 Å². The zero-order valence-corrected chi connectivity index (χ0v) is 42.4. The second kappa shape index (κ2) is 20.5. The van der Waals surface area contributed by atoms with Crippen LogP contribution in [0.4, 0.5) is 13.2 Å². The van der Waals surface area contributed by atoms with Gasteiger partial charge < -0.3 is 9.16 Å². The first-order chi connectivity index (χ1) is 31.0. The average molecular weight is 968 g/mol. The van der Waals surface area contributed by atoms with Gasteiger partial charge >= 0.3 is 6.18 Å². The summed E-state index contributed by atoms with van der Waals surface area (Å²) < 4.78 is 54.5. The Morgan fingerprint density at radius 3 is 1.21 bits per heavy atom. The third-order valence-electron chi connectivity index (χ3n) is 12.4. The van der Waals surface area contributed by atoms with E-state index in [0.29, 0.717) is 11.3 Å². The summed E-state index contributed by atoms with van der Waals surface area (Å²) >= 11 is 14.4. The summed E-state index contributed by atoms with van der Waals surface area (Å²) in [4.78, 5) is 4.44. The monoisotopic (exact) mass is 965 g/mol. The molecule has 1 atom stereocenters. The van der Waals surface area contributed by atoms with Gasteiger partial charge in [-0.05, 0) is 145 Å². The standard InChI is InChI=1S/C55H56F3NO2Si.CHCl3/c1-36(61-62(9,10)54(5,6)7)37-16-18-39(19-17-37)48-49(41-22-28-45(29-23-41)55(56,57)58)47(38-14-12-11-13-15-38)51(42-24-30-46(60-8)31-25-42)50(52(48)43-32-34-59-35-33-43)40-20-26-44(27-21-40)53(2,3)4;2-1(3)4/h11-36H,1-10H3;1H/t36-;/m0./s1. The van der Waals surface area contributed by atoms with E-state index in [2.05, 4.69) is 139 Å². The number of hydrogen-bond donors (Lipinski definition) is 0. The molecule has 0 amide bonds. The molecule has 0 aliphatic heterocycles. The molecule has 0 N–H and O–H groups in total. The van der Waals surface area contributed by atoms with Crippen molar-refractivity contribution in [1.82, 2.24) is 4.98 Å². The lowest BCUT2D eigenvalue weighted by Crippen LogP contribution is -2.41. The highest BCUT2D eigenvalue weighted by molar-refractivity contribution is 6.74. The van der Waals surface area contributed by atoms with E-state index in [1.807, 2.05) is 42.5 Å². The Morgan fingerprint density at radius 2 is 0.848 bits per heavy atom. The minimum Gasteiger partial charge on any atom is -0.497 e. The van der Waals surface area contributed by atoms with Crippen molar-refractivity contribution in [2.24, 2.45) is 0 Å². The number of methoxy groups -OCH3 is 1. The van der Waals surface area contributed by atoms with Crippen molar-refractivity contribution in [2.45, 2.75) is 88.6 Å². The SMILES string of the molecule is COc1ccc(-c2c(-c3ccccc3)c(-c3ccc(C(F)(F)F)cc3)c(-c3ccc([C@H](C)O[Si](C)(C)C(C)(C)C)cc3)c(-c3ccncc3)c2-c2ccc(C(C)(C)C)cc2)cc1.ClC(Cl)Cl. The Hall–Kier alpha value is -4.89. The molecule has 66 heavy (non-hydrogen) atoms. The van der Waals surface area contributed by atoms with Gasteiger partial charge in [-0.1, -0.05) is 179 Å². The van der Waals surface area contributed by atoms with Crippen molar-refractivity contribution in [3.8, 4) is 72.5 Å². The number of rotatable bonds is 10. The quantitative estimate of drug-likeness (QED) is 0.101. The van der Waals surface area contributed by atoms with Gasteiger partial charge in [0.2, 0.25) is 0 Å². The fourth-order valence-corrected chi connectivity index (χ4v) is 9.31. The van der Waals surface area contributed by atoms with Crippen LogP contribution >= 0.6 is 34.8 Å². The van der Waals surface area contributed by atoms with E-state index < -0.39 is 24.4 Å². The number of pyridine rings is 1. The summed E-state index contributed by atoms with van der Waals surface area (Å²) in [6.07, 6.45) is -1.05. The maximum absolute atomic E-state index is 14.2. The molecular weight excluding hydrogens is 910 g/mol. The van der Waals surface area contributed by atoms with Crippen LogP contribution < -0.4 is 4.74 Å². The highest BCUT2D eigenvalue weighted by Gasteiger charge is 2.39. The molecule has 0 saturated carbocycles. The number of ether oxygens (including phenoxy) is 1. The molecule has 6 aromatic carbocycles. The summed E-state index contributed by atoms with van der Waals surface area (Å²) in [6, 6.07) is 45.2. The van der Waals surface area contributed by atoms with E-state index in [1.165, 1.54) is 17.7 Å². The summed E-state index contributed by atoms with van der Waals surface area (Å²) in [5.74, 6) is 0.715. The molecule has 0 saturated heterocycles. The fraction of sp³-hybridized carbons (Fsp3) is 0.268. The normalized spacial score (nSPS) is 12.7. The molecule has 0 aliphatic carbocycles.